The minimum atomic E-state index is -4.99. The highest BCUT2D eigenvalue weighted by atomic mass is 19.4. The number of fused-ring (bicyclic) bond motifs is 2. The second-order valence-electron chi connectivity index (χ2n) is 8.44. The number of phenols is 1. The molecule has 1 heterocycles. The van der Waals surface area contributed by atoms with Gasteiger partial charge < -0.3 is 20.5 Å². The SMILES string of the molecule is CCc1ccc2c(c1O)[C@@H](CC)C[C@@](O)(C(F)(F)F)[C@@H]2Nc1ccc(F)c2[nH]c(=O)ccc12. The second-order valence-corrected chi connectivity index (χ2v) is 8.44. The maximum absolute atomic E-state index is 14.3. The Morgan fingerprint density at radius 1 is 1.15 bits per heavy atom. The summed E-state index contributed by atoms with van der Waals surface area (Å²) < 4.78 is 57.2. The number of halogens is 4. The van der Waals surface area contributed by atoms with Gasteiger partial charge in [0.15, 0.2) is 5.60 Å². The quantitative estimate of drug-likeness (QED) is 0.396. The number of aryl methyl sites for hydroxylation is 1. The van der Waals surface area contributed by atoms with Crippen molar-refractivity contribution in [1.82, 2.24) is 4.98 Å². The van der Waals surface area contributed by atoms with Crippen molar-refractivity contribution in [1.29, 1.82) is 0 Å². The monoisotopic (exact) mass is 464 g/mol. The fraction of sp³-hybridized carbons (Fsp3) is 0.375. The van der Waals surface area contributed by atoms with Crippen LogP contribution in [-0.2, 0) is 6.42 Å². The molecule has 1 aromatic heterocycles. The molecule has 3 aromatic rings. The molecule has 0 bridgehead atoms. The molecule has 176 valence electrons. The Morgan fingerprint density at radius 2 is 1.88 bits per heavy atom. The number of alkyl halides is 3. The highest BCUT2D eigenvalue weighted by molar-refractivity contribution is 5.91. The third kappa shape index (κ3) is 3.64. The Kier molecular flexibility index (Phi) is 5.64. The number of H-pyrrole nitrogens is 1. The largest absolute Gasteiger partial charge is 0.507 e. The van der Waals surface area contributed by atoms with Crippen LogP contribution in [-0.4, -0.2) is 27.0 Å². The fourth-order valence-electron chi connectivity index (χ4n) is 4.81. The first-order chi connectivity index (χ1) is 15.5. The number of rotatable bonds is 4. The number of hydrogen-bond donors (Lipinski definition) is 4. The van der Waals surface area contributed by atoms with Crippen molar-refractivity contribution in [2.24, 2.45) is 0 Å². The van der Waals surface area contributed by atoms with Crippen molar-refractivity contribution < 1.29 is 27.8 Å². The highest BCUT2D eigenvalue weighted by Gasteiger charge is 2.62. The van der Waals surface area contributed by atoms with E-state index in [9.17, 15) is 32.6 Å². The van der Waals surface area contributed by atoms with Crippen molar-refractivity contribution in [2.75, 3.05) is 5.32 Å². The molecule has 0 amide bonds. The van der Waals surface area contributed by atoms with Gasteiger partial charge in [-0.05, 0) is 54.5 Å². The Bertz CT molecular complexity index is 1270. The molecule has 0 unspecified atom stereocenters. The molecule has 9 heteroatoms. The Hall–Kier alpha value is -3.07. The molecular formula is C24H24F4N2O3. The molecule has 4 rings (SSSR count). The van der Waals surface area contributed by atoms with E-state index in [2.05, 4.69) is 10.3 Å². The maximum Gasteiger partial charge on any atom is 0.419 e. The third-order valence-electron chi connectivity index (χ3n) is 6.60. The number of hydrogen-bond acceptors (Lipinski definition) is 4. The van der Waals surface area contributed by atoms with E-state index in [0.29, 0.717) is 24.0 Å². The van der Waals surface area contributed by atoms with Crippen LogP contribution in [0.25, 0.3) is 10.9 Å². The highest BCUT2D eigenvalue weighted by Crippen LogP contribution is 2.55. The summed E-state index contributed by atoms with van der Waals surface area (Å²) in [6.07, 6.45) is -4.85. The maximum atomic E-state index is 14.3. The lowest BCUT2D eigenvalue weighted by molar-refractivity contribution is -0.272. The van der Waals surface area contributed by atoms with E-state index in [0.717, 1.165) is 12.1 Å². The van der Waals surface area contributed by atoms with E-state index in [1.165, 1.54) is 18.2 Å². The predicted molar refractivity (Wildman–Crippen MR) is 117 cm³/mol. The van der Waals surface area contributed by atoms with E-state index in [-0.39, 0.29) is 27.9 Å². The molecule has 1 aliphatic carbocycles. The van der Waals surface area contributed by atoms with E-state index < -0.39 is 41.5 Å². The lowest BCUT2D eigenvalue weighted by atomic mass is 9.68. The van der Waals surface area contributed by atoms with Gasteiger partial charge in [0.25, 0.3) is 0 Å². The van der Waals surface area contributed by atoms with E-state index >= 15 is 0 Å². The van der Waals surface area contributed by atoms with Gasteiger partial charge in [-0.1, -0.05) is 26.0 Å². The molecule has 0 saturated heterocycles. The van der Waals surface area contributed by atoms with E-state index in [1.807, 2.05) is 6.92 Å². The molecule has 1 aliphatic rings. The van der Waals surface area contributed by atoms with E-state index in [4.69, 9.17) is 0 Å². The van der Waals surface area contributed by atoms with Crippen molar-refractivity contribution in [3.05, 3.63) is 69.3 Å². The number of pyridine rings is 1. The molecule has 0 radical (unpaired) electrons. The Labute approximate surface area is 187 Å². The van der Waals surface area contributed by atoms with Gasteiger partial charge in [0, 0.05) is 22.7 Å². The summed E-state index contributed by atoms with van der Waals surface area (Å²) >= 11 is 0. The van der Waals surface area contributed by atoms with Gasteiger partial charge in [0.05, 0.1) is 11.6 Å². The summed E-state index contributed by atoms with van der Waals surface area (Å²) in [7, 11) is 0. The first-order valence-corrected chi connectivity index (χ1v) is 10.7. The number of nitrogens with one attached hydrogen (secondary N) is 2. The number of aromatic hydroxyl groups is 1. The van der Waals surface area contributed by atoms with Crippen LogP contribution < -0.4 is 10.9 Å². The second kappa shape index (κ2) is 8.06. The minimum Gasteiger partial charge on any atom is -0.507 e. The van der Waals surface area contributed by atoms with Crippen LogP contribution >= 0.6 is 0 Å². The molecular weight excluding hydrogens is 440 g/mol. The van der Waals surface area contributed by atoms with Gasteiger partial charge in [0.1, 0.15) is 11.6 Å². The topological polar surface area (TPSA) is 85.3 Å². The fourth-order valence-corrected chi connectivity index (χ4v) is 4.81. The summed E-state index contributed by atoms with van der Waals surface area (Å²) in [4.78, 5) is 14.0. The number of benzene rings is 2. The van der Waals surface area contributed by atoms with Gasteiger partial charge in [-0.15, -0.1) is 0 Å². The number of anilines is 1. The van der Waals surface area contributed by atoms with Crippen molar-refractivity contribution in [3.8, 4) is 5.75 Å². The standard InChI is InChI=1S/C24H24F4N2O3/c1-3-12-5-6-15-19(21(12)32)13(4-2)11-23(33,24(26,27)28)22(15)29-17-9-8-16(25)20-14(17)7-10-18(31)30-20/h5-10,13,22,29,32-33H,3-4,11H2,1-2H3,(H,30,31)/t13-,22+,23-/m0/s1. The zero-order chi connectivity index (χ0) is 24.1. The average molecular weight is 464 g/mol. The summed E-state index contributed by atoms with van der Waals surface area (Å²) in [6, 6.07) is 6.12. The number of aromatic nitrogens is 1. The Morgan fingerprint density at radius 3 is 2.52 bits per heavy atom. The molecule has 33 heavy (non-hydrogen) atoms. The van der Waals surface area contributed by atoms with Crippen LogP contribution in [0.5, 0.6) is 5.75 Å². The first-order valence-electron chi connectivity index (χ1n) is 10.7. The summed E-state index contributed by atoms with van der Waals surface area (Å²) in [5, 5.41) is 24.8. The van der Waals surface area contributed by atoms with Crippen LogP contribution in [0.2, 0.25) is 0 Å². The van der Waals surface area contributed by atoms with Crippen LogP contribution in [0, 0.1) is 5.82 Å². The van der Waals surface area contributed by atoms with Crippen LogP contribution in [0.3, 0.4) is 0 Å². The number of aliphatic hydroxyl groups is 1. The molecule has 0 saturated carbocycles. The molecule has 4 N–H and O–H groups in total. The normalized spacial score (nSPS) is 22.9. The van der Waals surface area contributed by atoms with Gasteiger partial charge in [-0.3, -0.25) is 4.79 Å². The van der Waals surface area contributed by atoms with Crippen molar-refractivity contribution >= 4 is 16.6 Å². The zero-order valence-electron chi connectivity index (χ0n) is 18.1. The molecule has 2 aromatic carbocycles. The van der Waals surface area contributed by atoms with Crippen LogP contribution in [0.4, 0.5) is 23.2 Å². The average Bonchev–Trinajstić information content (AvgIpc) is 2.76. The van der Waals surface area contributed by atoms with Crippen molar-refractivity contribution in [2.45, 2.75) is 56.8 Å². The van der Waals surface area contributed by atoms with Crippen LogP contribution in [0.15, 0.2) is 41.2 Å². The van der Waals surface area contributed by atoms with Crippen molar-refractivity contribution in [3.63, 3.8) is 0 Å². The summed E-state index contributed by atoms with van der Waals surface area (Å²) in [5.41, 5.74) is -2.65. The summed E-state index contributed by atoms with van der Waals surface area (Å²) in [6.45, 7) is 3.54. The molecule has 0 aliphatic heterocycles. The molecule has 5 nitrogen and oxygen atoms in total. The first kappa shape index (κ1) is 23.1. The van der Waals surface area contributed by atoms with Crippen LogP contribution in [0.1, 0.15) is 55.3 Å². The molecule has 0 fully saturated rings. The predicted octanol–water partition coefficient (Wildman–Crippen LogP) is 5.28. The smallest absolute Gasteiger partial charge is 0.419 e. The number of aromatic amines is 1. The third-order valence-corrected chi connectivity index (χ3v) is 6.60. The van der Waals surface area contributed by atoms with Gasteiger partial charge in [-0.25, -0.2) is 4.39 Å². The van der Waals surface area contributed by atoms with E-state index in [1.54, 1.807) is 13.0 Å². The van der Waals surface area contributed by atoms with Gasteiger partial charge in [0.2, 0.25) is 5.56 Å². The van der Waals surface area contributed by atoms with Gasteiger partial charge >= 0.3 is 6.18 Å². The lowest BCUT2D eigenvalue weighted by Crippen LogP contribution is -2.55. The van der Waals surface area contributed by atoms with Gasteiger partial charge in [-0.2, -0.15) is 13.2 Å². The molecule has 0 spiro atoms. The number of phenolic OH excluding ortho intramolecular Hbond substituents is 1. The Balaban J connectivity index is 1.95. The minimum absolute atomic E-state index is 0.0637. The molecule has 3 atom stereocenters. The zero-order valence-corrected chi connectivity index (χ0v) is 18.1. The summed E-state index contributed by atoms with van der Waals surface area (Å²) in [5.74, 6) is -1.51. The lowest BCUT2D eigenvalue weighted by Gasteiger charge is -2.46.